The molecular formula is C27H30IN3O4. The van der Waals surface area contributed by atoms with Gasteiger partial charge in [0, 0.05) is 40.1 Å². The molecule has 1 aliphatic carbocycles. The number of ether oxygens (including phenoxy) is 3. The third-order valence-electron chi connectivity index (χ3n) is 6.07. The monoisotopic (exact) mass is 587 g/mol. The maximum absolute atomic E-state index is 6.02. The predicted molar refractivity (Wildman–Crippen MR) is 148 cm³/mol. The van der Waals surface area contributed by atoms with Crippen LogP contribution in [0.5, 0.6) is 17.2 Å². The lowest BCUT2D eigenvalue weighted by atomic mass is 10.1. The number of aromatic nitrogens is 1. The minimum atomic E-state index is -0.878. The number of oxime groups is 1. The predicted octanol–water partition coefficient (Wildman–Crippen LogP) is 5.30. The van der Waals surface area contributed by atoms with Gasteiger partial charge in [-0.1, -0.05) is 19.0 Å². The van der Waals surface area contributed by atoms with Gasteiger partial charge in [0.05, 0.1) is 19.9 Å². The molecule has 1 aromatic heterocycles. The van der Waals surface area contributed by atoms with Gasteiger partial charge in [0.1, 0.15) is 18.1 Å². The van der Waals surface area contributed by atoms with E-state index in [1.807, 2.05) is 58.3 Å². The molecule has 0 saturated carbocycles. The zero-order valence-electron chi connectivity index (χ0n) is 20.9. The molecule has 0 bridgehead atoms. The summed E-state index contributed by atoms with van der Waals surface area (Å²) in [5.41, 5.74) is 5.37. The van der Waals surface area contributed by atoms with Crippen LogP contribution in [0.25, 0.3) is 22.2 Å². The van der Waals surface area contributed by atoms with Crippen LogP contribution >= 0.6 is 22.6 Å². The Hall–Kier alpha value is -2.90. The molecule has 4 rings (SSSR count). The van der Waals surface area contributed by atoms with E-state index in [4.69, 9.17) is 25.5 Å². The summed E-state index contributed by atoms with van der Waals surface area (Å²) >= 11 is 2.14. The third kappa shape index (κ3) is 4.67. The molecule has 1 heterocycles. The molecule has 0 saturated heterocycles. The molecule has 2 aromatic carbocycles. The van der Waals surface area contributed by atoms with Gasteiger partial charge in [-0.3, -0.25) is 0 Å². The second kappa shape index (κ2) is 9.99. The first-order chi connectivity index (χ1) is 16.7. The number of terminal acetylenes is 1. The fourth-order valence-electron chi connectivity index (χ4n) is 3.98. The number of benzene rings is 2. The molecule has 8 heteroatoms. The van der Waals surface area contributed by atoms with Gasteiger partial charge in [-0.05, 0) is 72.9 Å². The van der Waals surface area contributed by atoms with E-state index in [1.54, 1.807) is 14.2 Å². The van der Waals surface area contributed by atoms with Crippen molar-refractivity contribution >= 4 is 39.2 Å². The van der Waals surface area contributed by atoms with Gasteiger partial charge < -0.3 is 28.9 Å². The zero-order valence-corrected chi connectivity index (χ0v) is 23.0. The number of rotatable bonds is 9. The topological polar surface area (TPSA) is 68.3 Å². The van der Waals surface area contributed by atoms with Crippen LogP contribution in [0, 0.1) is 18.3 Å². The van der Waals surface area contributed by atoms with E-state index in [-0.39, 0.29) is 5.92 Å². The summed E-state index contributed by atoms with van der Waals surface area (Å²) in [6.45, 7) is 5.44. The second-order valence-electron chi connectivity index (χ2n) is 8.96. The van der Waals surface area contributed by atoms with Gasteiger partial charge in [-0.15, -0.1) is 6.42 Å². The van der Waals surface area contributed by atoms with E-state index in [9.17, 15) is 0 Å². The molecule has 1 atom stereocenters. The maximum atomic E-state index is 6.02. The Morgan fingerprint density at radius 3 is 2.40 bits per heavy atom. The standard InChI is InChI=1S/C27H30IN3O4/c1-8-27(28,16(2)3)35-30-26-19-15-23(33-7)22(32-6)14-18(19)25-24(26)20-13-17(9-10-21(20)29-25)34-12-11-31(4)5/h1,9-10,13-16,29H,11-12H2,2-7H3. The zero-order chi connectivity index (χ0) is 25.3. The van der Waals surface area contributed by atoms with Gasteiger partial charge in [-0.2, -0.15) is 0 Å². The van der Waals surface area contributed by atoms with Crippen LogP contribution in [0.1, 0.15) is 25.0 Å². The fraction of sp³-hybridized carbons (Fsp3) is 0.370. The summed E-state index contributed by atoms with van der Waals surface area (Å²) in [4.78, 5) is 11.7. The number of methoxy groups -OCH3 is 2. The number of nitrogens with zero attached hydrogens (tertiary/aromatic N) is 2. The molecule has 7 nitrogen and oxygen atoms in total. The highest BCUT2D eigenvalue weighted by Crippen LogP contribution is 2.46. The van der Waals surface area contributed by atoms with Crippen molar-refractivity contribution in [3.05, 3.63) is 41.5 Å². The summed E-state index contributed by atoms with van der Waals surface area (Å²) < 4.78 is 16.3. The summed E-state index contributed by atoms with van der Waals surface area (Å²) in [5, 5.41) is 5.63. The Kier molecular flexibility index (Phi) is 7.20. The third-order valence-corrected chi connectivity index (χ3v) is 7.83. The number of nitrogens with one attached hydrogen (secondary N) is 1. The minimum Gasteiger partial charge on any atom is -0.493 e. The summed E-state index contributed by atoms with van der Waals surface area (Å²) in [5.74, 6) is 4.85. The number of H-pyrrole nitrogens is 1. The van der Waals surface area contributed by atoms with Crippen molar-refractivity contribution in [2.45, 2.75) is 17.5 Å². The molecule has 0 fully saturated rings. The SMILES string of the molecule is C#CC(I)(ON=C1c2cc(OC)c(OC)cc2-c2[nH]c3ccc(OCCN(C)C)cc3c21)C(C)C. The highest BCUT2D eigenvalue weighted by molar-refractivity contribution is 14.1. The van der Waals surface area contributed by atoms with Gasteiger partial charge >= 0.3 is 0 Å². The van der Waals surface area contributed by atoms with Gasteiger partial charge in [0.15, 0.2) is 11.5 Å². The Morgan fingerprint density at radius 2 is 1.80 bits per heavy atom. The number of hydrogen-bond acceptors (Lipinski definition) is 6. The van der Waals surface area contributed by atoms with Crippen LogP contribution in [0.3, 0.4) is 0 Å². The van der Waals surface area contributed by atoms with Crippen molar-refractivity contribution in [2.75, 3.05) is 41.5 Å². The Bertz CT molecular complexity index is 1320. The lowest BCUT2D eigenvalue weighted by molar-refractivity contribution is 0.0544. The maximum Gasteiger partial charge on any atom is 0.248 e. The normalized spacial score (nSPS) is 15.1. The molecule has 0 amide bonds. The first kappa shape index (κ1) is 25.2. The van der Waals surface area contributed by atoms with Crippen molar-refractivity contribution in [3.8, 4) is 40.8 Å². The Balaban J connectivity index is 1.88. The molecule has 3 aromatic rings. The van der Waals surface area contributed by atoms with Crippen LogP contribution in [-0.4, -0.2) is 60.7 Å². The Labute approximate surface area is 219 Å². The molecule has 1 N–H and O–H groups in total. The van der Waals surface area contributed by atoms with Crippen molar-refractivity contribution in [1.29, 1.82) is 0 Å². The van der Waals surface area contributed by atoms with E-state index >= 15 is 0 Å². The smallest absolute Gasteiger partial charge is 0.248 e. The van der Waals surface area contributed by atoms with E-state index in [1.165, 1.54) is 0 Å². The number of halogens is 1. The van der Waals surface area contributed by atoms with Gasteiger partial charge in [-0.25, -0.2) is 0 Å². The second-order valence-corrected chi connectivity index (χ2v) is 10.6. The van der Waals surface area contributed by atoms with E-state index in [0.29, 0.717) is 23.8 Å². The lowest BCUT2D eigenvalue weighted by Crippen LogP contribution is -2.27. The number of likely N-dealkylation sites (N-methyl/N-ethyl adjacent to an activating group) is 1. The average molecular weight is 587 g/mol. The van der Waals surface area contributed by atoms with Crippen LogP contribution < -0.4 is 14.2 Å². The summed E-state index contributed by atoms with van der Waals surface area (Å²) in [7, 11) is 7.29. The molecule has 1 unspecified atom stereocenters. The Morgan fingerprint density at radius 1 is 1.11 bits per heavy atom. The highest BCUT2D eigenvalue weighted by atomic mass is 127. The van der Waals surface area contributed by atoms with E-state index in [0.717, 1.165) is 45.6 Å². The quantitative estimate of drug-likeness (QED) is 0.125. The first-order valence-electron chi connectivity index (χ1n) is 11.4. The van der Waals surface area contributed by atoms with Crippen molar-refractivity contribution in [2.24, 2.45) is 11.1 Å². The molecular weight excluding hydrogens is 557 g/mol. The largest absolute Gasteiger partial charge is 0.493 e. The number of fused-ring (bicyclic) bond motifs is 5. The molecule has 0 spiro atoms. The van der Waals surface area contributed by atoms with E-state index < -0.39 is 3.61 Å². The van der Waals surface area contributed by atoms with Crippen LogP contribution in [0.4, 0.5) is 0 Å². The molecule has 184 valence electrons. The lowest BCUT2D eigenvalue weighted by Gasteiger charge is -2.23. The first-order valence-corrected chi connectivity index (χ1v) is 12.4. The minimum absolute atomic E-state index is 0.0582. The fourth-order valence-corrected chi connectivity index (χ4v) is 4.08. The number of aromatic amines is 1. The molecule has 0 radical (unpaired) electrons. The van der Waals surface area contributed by atoms with Crippen molar-refractivity contribution < 1.29 is 19.0 Å². The van der Waals surface area contributed by atoms with E-state index in [2.05, 4.69) is 43.6 Å². The molecule has 0 aliphatic heterocycles. The average Bonchev–Trinajstić information content (AvgIpc) is 3.35. The van der Waals surface area contributed by atoms with Crippen molar-refractivity contribution in [3.63, 3.8) is 0 Å². The summed E-state index contributed by atoms with van der Waals surface area (Å²) in [6, 6.07) is 9.92. The van der Waals surface area contributed by atoms with Gasteiger partial charge in [0.25, 0.3) is 0 Å². The summed E-state index contributed by atoms with van der Waals surface area (Å²) in [6.07, 6.45) is 5.81. The number of hydrogen-bond donors (Lipinski definition) is 1. The molecule has 1 aliphatic rings. The van der Waals surface area contributed by atoms with Gasteiger partial charge in [0.2, 0.25) is 3.61 Å². The van der Waals surface area contributed by atoms with Crippen molar-refractivity contribution in [1.82, 2.24) is 9.88 Å². The van der Waals surface area contributed by atoms with Crippen LogP contribution in [0.15, 0.2) is 35.5 Å². The van der Waals surface area contributed by atoms with Crippen LogP contribution in [-0.2, 0) is 4.84 Å². The van der Waals surface area contributed by atoms with Crippen LogP contribution in [0.2, 0.25) is 0 Å². The highest BCUT2D eigenvalue weighted by Gasteiger charge is 2.35. The number of alkyl halides is 1. The molecule has 35 heavy (non-hydrogen) atoms.